The third-order valence-electron chi connectivity index (χ3n) is 3.41. The van der Waals surface area contributed by atoms with Crippen molar-refractivity contribution in [2.45, 2.75) is 13.8 Å². The maximum atomic E-state index is 12.2. The summed E-state index contributed by atoms with van der Waals surface area (Å²) in [5.41, 5.74) is 3.83. The number of benzene rings is 1. The van der Waals surface area contributed by atoms with Crippen molar-refractivity contribution in [3.8, 4) is 11.3 Å². The minimum Gasteiger partial charge on any atom is -0.356 e. The van der Waals surface area contributed by atoms with E-state index in [1.54, 1.807) is 0 Å². The number of carbonyl (C=O) groups excluding carboxylic acids is 2. The molecular weight excluding hydrogens is 310 g/mol. The zero-order chi connectivity index (χ0) is 16.4. The van der Waals surface area contributed by atoms with Gasteiger partial charge in [0.25, 0.3) is 5.91 Å². The van der Waals surface area contributed by atoms with Crippen molar-refractivity contribution in [1.82, 2.24) is 9.97 Å². The number of aryl methyl sites for hydroxylation is 1. The van der Waals surface area contributed by atoms with E-state index in [1.807, 2.05) is 36.6 Å². The first-order chi connectivity index (χ1) is 11.0. The predicted octanol–water partition coefficient (Wildman–Crippen LogP) is 3.90. The average Bonchev–Trinajstić information content (AvgIpc) is 3.17. The number of amides is 1. The number of thiazole rings is 1. The lowest BCUT2D eigenvalue weighted by atomic mass is 10.1. The number of hydrogen-bond donors (Lipinski definition) is 2. The molecule has 6 heteroatoms. The van der Waals surface area contributed by atoms with Gasteiger partial charge in [-0.15, -0.1) is 11.3 Å². The zero-order valence-electron chi connectivity index (χ0n) is 12.7. The van der Waals surface area contributed by atoms with Crippen LogP contribution in [0.5, 0.6) is 0 Å². The topological polar surface area (TPSA) is 74.8 Å². The minimum atomic E-state index is -0.317. The highest BCUT2D eigenvalue weighted by molar-refractivity contribution is 7.14. The van der Waals surface area contributed by atoms with Crippen molar-refractivity contribution in [3.63, 3.8) is 0 Å². The summed E-state index contributed by atoms with van der Waals surface area (Å²) in [6, 6.07) is 9.58. The Balaban J connectivity index is 1.74. The van der Waals surface area contributed by atoms with Gasteiger partial charge in [0.05, 0.1) is 5.69 Å². The van der Waals surface area contributed by atoms with E-state index in [4.69, 9.17) is 0 Å². The SMILES string of the molecule is CC(=O)c1c[nH]c(C(=O)Nc2nc(-c3ccc(C)cc3)cs2)c1. The normalized spacial score (nSPS) is 10.5. The van der Waals surface area contributed by atoms with Crippen LogP contribution in [0.1, 0.15) is 33.3 Å². The largest absolute Gasteiger partial charge is 0.356 e. The Kier molecular flexibility index (Phi) is 4.08. The van der Waals surface area contributed by atoms with E-state index in [1.165, 1.54) is 36.1 Å². The second-order valence-electron chi connectivity index (χ2n) is 5.22. The molecule has 1 aromatic carbocycles. The molecule has 0 fully saturated rings. The molecule has 5 nitrogen and oxygen atoms in total. The van der Waals surface area contributed by atoms with E-state index in [2.05, 4.69) is 15.3 Å². The number of aromatic amines is 1. The summed E-state index contributed by atoms with van der Waals surface area (Å²) in [5, 5.41) is 5.15. The zero-order valence-corrected chi connectivity index (χ0v) is 13.5. The van der Waals surface area contributed by atoms with Gasteiger partial charge >= 0.3 is 0 Å². The number of nitrogens with zero attached hydrogens (tertiary/aromatic N) is 1. The lowest BCUT2D eigenvalue weighted by Gasteiger charge is -1.99. The van der Waals surface area contributed by atoms with Crippen molar-refractivity contribution < 1.29 is 9.59 Å². The number of anilines is 1. The molecule has 0 unspecified atom stereocenters. The summed E-state index contributed by atoms with van der Waals surface area (Å²) >= 11 is 1.36. The van der Waals surface area contributed by atoms with Gasteiger partial charge in [-0.3, -0.25) is 14.9 Å². The Bertz CT molecular complexity index is 862. The second-order valence-corrected chi connectivity index (χ2v) is 6.07. The second kappa shape index (κ2) is 6.18. The molecule has 0 atom stereocenters. The standard InChI is InChI=1S/C17H15N3O2S/c1-10-3-5-12(6-4-10)15-9-23-17(19-15)20-16(22)14-7-13(8-18-14)11(2)21/h3-9,18H,1-2H3,(H,19,20,22). The van der Waals surface area contributed by atoms with Gasteiger partial charge in [-0.25, -0.2) is 4.98 Å². The number of nitrogens with one attached hydrogen (secondary N) is 2. The summed E-state index contributed by atoms with van der Waals surface area (Å²) in [6.45, 7) is 3.49. The van der Waals surface area contributed by atoms with Crippen LogP contribution in [-0.4, -0.2) is 21.7 Å². The summed E-state index contributed by atoms with van der Waals surface area (Å²) in [6.07, 6.45) is 1.52. The Morgan fingerprint density at radius 3 is 2.61 bits per heavy atom. The van der Waals surface area contributed by atoms with Gasteiger partial charge in [0.15, 0.2) is 10.9 Å². The maximum absolute atomic E-state index is 12.2. The fraction of sp³-hybridized carbons (Fsp3) is 0.118. The van der Waals surface area contributed by atoms with Gasteiger partial charge in [0, 0.05) is 22.7 Å². The molecule has 3 aromatic rings. The van der Waals surface area contributed by atoms with Crippen LogP contribution in [0.4, 0.5) is 5.13 Å². The lowest BCUT2D eigenvalue weighted by Crippen LogP contribution is -2.11. The number of rotatable bonds is 4. The van der Waals surface area contributed by atoms with Crippen LogP contribution in [0.2, 0.25) is 0 Å². The van der Waals surface area contributed by atoms with E-state index in [0.717, 1.165) is 11.3 Å². The molecule has 0 aliphatic rings. The van der Waals surface area contributed by atoms with Crippen molar-refractivity contribution in [2.75, 3.05) is 5.32 Å². The molecule has 2 N–H and O–H groups in total. The van der Waals surface area contributed by atoms with Crippen LogP contribution < -0.4 is 5.32 Å². The van der Waals surface area contributed by atoms with Gasteiger partial charge in [-0.2, -0.15) is 0 Å². The molecule has 3 rings (SSSR count). The molecule has 23 heavy (non-hydrogen) atoms. The molecule has 0 bridgehead atoms. The van der Waals surface area contributed by atoms with Crippen molar-refractivity contribution in [3.05, 3.63) is 58.7 Å². The van der Waals surface area contributed by atoms with Crippen LogP contribution >= 0.6 is 11.3 Å². The first-order valence-corrected chi connectivity index (χ1v) is 7.94. The third kappa shape index (κ3) is 3.37. The number of aromatic nitrogens is 2. The molecule has 0 saturated heterocycles. The lowest BCUT2D eigenvalue weighted by molar-refractivity contribution is 0.101. The van der Waals surface area contributed by atoms with E-state index in [-0.39, 0.29) is 11.7 Å². The van der Waals surface area contributed by atoms with E-state index >= 15 is 0 Å². The van der Waals surface area contributed by atoms with Gasteiger partial charge in [-0.05, 0) is 19.9 Å². The maximum Gasteiger partial charge on any atom is 0.273 e. The first kappa shape index (κ1) is 15.2. The van der Waals surface area contributed by atoms with Crippen molar-refractivity contribution >= 4 is 28.2 Å². The van der Waals surface area contributed by atoms with Crippen LogP contribution in [0.15, 0.2) is 41.9 Å². The quantitative estimate of drug-likeness (QED) is 0.714. The molecule has 0 aliphatic carbocycles. The monoisotopic (exact) mass is 325 g/mol. The van der Waals surface area contributed by atoms with Crippen LogP contribution in [0, 0.1) is 6.92 Å². The Morgan fingerprint density at radius 1 is 1.22 bits per heavy atom. The van der Waals surface area contributed by atoms with Gasteiger partial charge in [0.1, 0.15) is 5.69 Å². The Labute approximate surface area is 137 Å². The predicted molar refractivity (Wildman–Crippen MR) is 91.0 cm³/mol. The minimum absolute atomic E-state index is 0.0868. The molecule has 1 amide bonds. The molecule has 0 radical (unpaired) electrons. The highest BCUT2D eigenvalue weighted by Gasteiger charge is 2.13. The highest BCUT2D eigenvalue weighted by atomic mass is 32.1. The smallest absolute Gasteiger partial charge is 0.273 e. The number of H-pyrrole nitrogens is 1. The van der Waals surface area contributed by atoms with Crippen molar-refractivity contribution in [1.29, 1.82) is 0 Å². The molecule has 2 aromatic heterocycles. The van der Waals surface area contributed by atoms with Crippen molar-refractivity contribution in [2.24, 2.45) is 0 Å². The summed E-state index contributed by atoms with van der Waals surface area (Å²) < 4.78 is 0. The van der Waals surface area contributed by atoms with Crippen LogP contribution in [0.25, 0.3) is 11.3 Å². The summed E-state index contributed by atoms with van der Waals surface area (Å²) in [4.78, 5) is 30.6. The molecule has 0 saturated carbocycles. The molecular formula is C17H15N3O2S. The number of hydrogen-bond acceptors (Lipinski definition) is 4. The number of Topliss-reactive ketones (excluding diaryl/α,β-unsaturated/α-hetero) is 1. The van der Waals surface area contributed by atoms with E-state index in [9.17, 15) is 9.59 Å². The van der Waals surface area contributed by atoms with Gasteiger partial charge in [0.2, 0.25) is 0 Å². The Morgan fingerprint density at radius 2 is 1.96 bits per heavy atom. The fourth-order valence-electron chi connectivity index (χ4n) is 2.08. The number of carbonyl (C=O) groups is 2. The van der Waals surface area contributed by atoms with Crippen LogP contribution in [0.3, 0.4) is 0 Å². The first-order valence-electron chi connectivity index (χ1n) is 7.06. The van der Waals surface area contributed by atoms with Gasteiger partial charge in [-0.1, -0.05) is 29.8 Å². The number of ketones is 1. The van der Waals surface area contributed by atoms with E-state index in [0.29, 0.717) is 16.4 Å². The van der Waals surface area contributed by atoms with Crippen LogP contribution in [-0.2, 0) is 0 Å². The summed E-state index contributed by atoms with van der Waals surface area (Å²) in [5.74, 6) is -0.404. The molecule has 0 aliphatic heterocycles. The molecule has 0 spiro atoms. The van der Waals surface area contributed by atoms with Gasteiger partial charge < -0.3 is 4.98 Å². The average molecular weight is 325 g/mol. The molecule has 116 valence electrons. The molecule has 2 heterocycles. The fourth-order valence-corrected chi connectivity index (χ4v) is 2.80. The Hall–Kier alpha value is -2.73. The summed E-state index contributed by atoms with van der Waals surface area (Å²) in [7, 11) is 0. The van der Waals surface area contributed by atoms with E-state index < -0.39 is 0 Å². The third-order valence-corrected chi connectivity index (χ3v) is 4.16. The highest BCUT2D eigenvalue weighted by Crippen LogP contribution is 2.25.